The normalized spacial score (nSPS) is 16.2. The number of halogens is 3. The maximum atomic E-state index is 12.4. The van der Waals surface area contributed by atoms with Gasteiger partial charge < -0.3 is 10.1 Å². The number of carbonyl (C=O) groups excluding carboxylic acids is 1. The summed E-state index contributed by atoms with van der Waals surface area (Å²) in [7, 11) is 0. The lowest BCUT2D eigenvalue weighted by atomic mass is 10.1. The summed E-state index contributed by atoms with van der Waals surface area (Å²) in [6, 6.07) is 13.2. The van der Waals surface area contributed by atoms with Gasteiger partial charge in [-0.25, -0.2) is 0 Å². The van der Waals surface area contributed by atoms with Crippen LogP contribution in [0.4, 0.5) is 13.2 Å². The average molecular weight is 395 g/mol. The first-order valence-electron chi connectivity index (χ1n) is 8.56. The van der Waals surface area contributed by atoms with Crippen molar-refractivity contribution in [3.8, 4) is 0 Å². The smallest absolute Gasteiger partial charge is 0.367 e. The van der Waals surface area contributed by atoms with Crippen LogP contribution >= 0.6 is 11.8 Å². The molecular formula is C20H20F3NO2S. The van der Waals surface area contributed by atoms with E-state index < -0.39 is 12.8 Å². The summed E-state index contributed by atoms with van der Waals surface area (Å²) in [4.78, 5) is 13.6. The van der Waals surface area contributed by atoms with Gasteiger partial charge in [0.15, 0.2) is 0 Å². The van der Waals surface area contributed by atoms with Crippen LogP contribution in [0, 0.1) is 6.92 Å². The number of benzene rings is 2. The summed E-state index contributed by atoms with van der Waals surface area (Å²) in [5.41, 5.74) is 3.93. The van der Waals surface area contributed by atoms with Gasteiger partial charge in [0.25, 0.3) is 0 Å². The van der Waals surface area contributed by atoms with Gasteiger partial charge in [0.05, 0.1) is 11.9 Å². The van der Waals surface area contributed by atoms with Crippen LogP contribution in [0.2, 0.25) is 0 Å². The zero-order valence-corrected chi connectivity index (χ0v) is 15.6. The molecule has 0 spiro atoms. The maximum Gasteiger partial charge on any atom is 0.411 e. The second-order valence-corrected chi connectivity index (χ2v) is 7.81. The number of carbonyl (C=O) groups is 1. The number of ether oxygens (including phenoxy) is 1. The number of amides is 1. The molecule has 3 nitrogen and oxygen atoms in total. The topological polar surface area (TPSA) is 38.3 Å². The monoisotopic (exact) mass is 395 g/mol. The van der Waals surface area contributed by atoms with E-state index in [0.717, 1.165) is 12.0 Å². The van der Waals surface area contributed by atoms with Gasteiger partial charge in [-0.3, -0.25) is 4.79 Å². The highest BCUT2D eigenvalue weighted by Crippen LogP contribution is 2.37. The molecule has 27 heavy (non-hydrogen) atoms. The van der Waals surface area contributed by atoms with Crippen molar-refractivity contribution in [2.45, 2.75) is 42.8 Å². The van der Waals surface area contributed by atoms with Crippen molar-refractivity contribution in [1.82, 2.24) is 5.32 Å². The Kier molecular flexibility index (Phi) is 6.11. The van der Waals surface area contributed by atoms with Crippen LogP contribution in [-0.4, -0.2) is 23.9 Å². The second kappa shape index (κ2) is 8.35. The predicted octanol–water partition coefficient (Wildman–Crippen LogP) is 4.41. The SMILES string of the molecule is Cc1ccc2c(c1)SC(C(=O)NCc1ccc(COCC(F)(F)F)cc1)C2. The number of fused-ring (bicyclic) bond motifs is 1. The van der Waals surface area contributed by atoms with Gasteiger partial charge in [0, 0.05) is 11.4 Å². The highest BCUT2D eigenvalue weighted by atomic mass is 32.2. The third-order valence-electron chi connectivity index (χ3n) is 4.21. The van der Waals surface area contributed by atoms with Crippen molar-refractivity contribution in [3.63, 3.8) is 0 Å². The molecule has 1 N–H and O–H groups in total. The number of alkyl halides is 3. The standard InChI is InChI=1S/C20H20F3NO2S/c1-13-2-7-16-9-18(27-17(16)8-13)19(25)24-10-14-3-5-15(6-4-14)11-26-12-20(21,22)23/h2-8,18H,9-12H2,1H3,(H,24,25). The van der Waals surface area contributed by atoms with E-state index >= 15 is 0 Å². The Morgan fingerprint density at radius 1 is 1.19 bits per heavy atom. The molecule has 2 aromatic carbocycles. The molecule has 1 atom stereocenters. The number of rotatable bonds is 6. The Hall–Kier alpha value is -1.99. The van der Waals surface area contributed by atoms with Crippen molar-refractivity contribution < 1.29 is 22.7 Å². The van der Waals surface area contributed by atoms with E-state index in [1.54, 1.807) is 36.0 Å². The van der Waals surface area contributed by atoms with Gasteiger partial charge in [-0.2, -0.15) is 13.2 Å². The minimum atomic E-state index is -4.32. The molecule has 0 fully saturated rings. The van der Waals surface area contributed by atoms with Gasteiger partial charge in [-0.1, -0.05) is 42.0 Å². The number of aryl methyl sites for hydroxylation is 1. The minimum absolute atomic E-state index is 0.00793. The molecule has 1 aliphatic rings. The number of hydrogen-bond donors (Lipinski definition) is 1. The largest absolute Gasteiger partial charge is 0.411 e. The Bertz CT molecular complexity index is 806. The summed E-state index contributed by atoms with van der Waals surface area (Å²) >= 11 is 1.59. The van der Waals surface area contributed by atoms with Crippen LogP contribution in [0.1, 0.15) is 22.3 Å². The average Bonchev–Trinajstić information content (AvgIpc) is 3.03. The summed E-state index contributed by atoms with van der Waals surface area (Å²) in [5, 5.41) is 2.81. The fraction of sp³-hybridized carbons (Fsp3) is 0.350. The Morgan fingerprint density at radius 2 is 1.89 bits per heavy atom. The summed E-state index contributed by atoms with van der Waals surface area (Å²) < 4.78 is 40.8. The molecule has 3 rings (SSSR count). The molecule has 0 bridgehead atoms. The molecule has 1 aliphatic heterocycles. The van der Waals surface area contributed by atoms with Crippen LogP contribution in [-0.2, 0) is 29.1 Å². The van der Waals surface area contributed by atoms with Crippen LogP contribution in [0.5, 0.6) is 0 Å². The van der Waals surface area contributed by atoms with Crippen molar-refractivity contribution in [1.29, 1.82) is 0 Å². The van der Waals surface area contributed by atoms with Gasteiger partial charge >= 0.3 is 6.18 Å². The molecule has 1 heterocycles. The van der Waals surface area contributed by atoms with E-state index in [2.05, 4.69) is 28.3 Å². The third-order valence-corrected chi connectivity index (χ3v) is 5.51. The molecule has 0 radical (unpaired) electrons. The Morgan fingerprint density at radius 3 is 2.59 bits per heavy atom. The van der Waals surface area contributed by atoms with E-state index in [-0.39, 0.29) is 17.8 Å². The molecule has 1 unspecified atom stereocenters. The summed E-state index contributed by atoms with van der Waals surface area (Å²) in [6.45, 7) is 1.06. The fourth-order valence-electron chi connectivity index (χ4n) is 2.82. The van der Waals surface area contributed by atoms with E-state index in [1.165, 1.54) is 16.0 Å². The van der Waals surface area contributed by atoms with Crippen molar-refractivity contribution in [2.24, 2.45) is 0 Å². The van der Waals surface area contributed by atoms with E-state index in [0.29, 0.717) is 12.1 Å². The molecule has 0 aliphatic carbocycles. The third kappa shape index (κ3) is 5.74. The van der Waals surface area contributed by atoms with Crippen LogP contribution in [0.15, 0.2) is 47.4 Å². The zero-order chi connectivity index (χ0) is 19.4. The van der Waals surface area contributed by atoms with Gasteiger partial charge in [-0.15, -0.1) is 11.8 Å². The van der Waals surface area contributed by atoms with Gasteiger partial charge in [0.2, 0.25) is 5.91 Å². The highest BCUT2D eigenvalue weighted by molar-refractivity contribution is 8.01. The van der Waals surface area contributed by atoms with Gasteiger partial charge in [0.1, 0.15) is 6.61 Å². The number of hydrogen-bond acceptors (Lipinski definition) is 3. The molecule has 2 aromatic rings. The van der Waals surface area contributed by atoms with Crippen molar-refractivity contribution in [2.75, 3.05) is 6.61 Å². The first kappa shape index (κ1) is 19.8. The molecular weight excluding hydrogens is 375 g/mol. The van der Waals surface area contributed by atoms with E-state index in [4.69, 9.17) is 0 Å². The van der Waals surface area contributed by atoms with E-state index in [9.17, 15) is 18.0 Å². The van der Waals surface area contributed by atoms with Crippen LogP contribution < -0.4 is 5.32 Å². The lowest BCUT2D eigenvalue weighted by Crippen LogP contribution is -2.31. The Labute approximate surface area is 160 Å². The molecule has 0 saturated heterocycles. The first-order chi connectivity index (χ1) is 12.8. The lowest BCUT2D eigenvalue weighted by molar-refractivity contribution is -0.176. The predicted molar refractivity (Wildman–Crippen MR) is 98.5 cm³/mol. The molecule has 0 aromatic heterocycles. The highest BCUT2D eigenvalue weighted by Gasteiger charge is 2.28. The quantitative estimate of drug-likeness (QED) is 0.788. The second-order valence-electron chi connectivity index (χ2n) is 6.56. The molecule has 1 amide bonds. The summed E-state index contributed by atoms with van der Waals surface area (Å²) in [6.07, 6.45) is -3.59. The number of nitrogens with one attached hydrogen (secondary N) is 1. The summed E-state index contributed by atoms with van der Waals surface area (Å²) in [5.74, 6) is -0.00793. The first-order valence-corrected chi connectivity index (χ1v) is 9.44. The molecule has 144 valence electrons. The maximum absolute atomic E-state index is 12.4. The molecule has 7 heteroatoms. The van der Waals surface area contributed by atoms with Gasteiger partial charge in [-0.05, 0) is 36.1 Å². The van der Waals surface area contributed by atoms with Crippen molar-refractivity contribution >= 4 is 17.7 Å². The minimum Gasteiger partial charge on any atom is -0.367 e. The Balaban J connectivity index is 1.45. The van der Waals surface area contributed by atoms with Crippen molar-refractivity contribution in [3.05, 3.63) is 64.7 Å². The molecule has 0 saturated carbocycles. The van der Waals surface area contributed by atoms with Crippen LogP contribution in [0.3, 0.4) is 0 Å². The zero-order valence-electron chi connectivity index (χ0n) is 14.8. The van der Waals surface area contributed by atoms with E-state index in [1.807, 2.05) is 6.92 Å². The fourth-order valence-corrected chi connectivity index (χ4v) is 4.14. The lowest BCUT2D eigenvalue weighted by Gasteiger charge is -2.11. The van der Waals surface area contributed by atoms with Crippen LogP contribution in [0.25, 0.3) is 0 Å². The number of thioether (sulfide) groups is 1.